The molecule has 0 atom stereocenters. The number of nitrogens with two attached hydrogens (primary N) is 1. The zero-order chi connectivity index (χ0) is 18.1. The van der Waals surface area contributed by atoms with E-state index in [2.05, 4.69) is 4.72 Å². The maximum absolute atomic E-state index is 12.6. The number of anilines is 1. The van der Waals surface area contributed by atoms with Crippen LogP contribution in [0.15, 0.2) is 41.3 Å². The van der Waals surface area contributed by atoms with Crippen molar-refractivity contribution in [3.63, 3.8) is 0 Å². The van der Waals surface area contributed by atoms with E-state index in [4.69, 9.17) is 5.73 Å². The van der Waals surface area contributed by atoms with Crippen LogP contribution in [0.2, 0.25) is 0 Å². The first kappa shape index (κ1) is 17.4. The lowest BCUT2D eigenvalue weighted by molar-refractivity contribution is -0.385. The van der Waals surface area contributed by atoms with Crippen molar-refractivity contribution in [2.75, 3.05) is 4.72 Å². The molecule has 8 nitrogen and oxygen atoms in total. The van der Waals surface area contributed by atoms with E-state index in [9.17, 15) is 23.3 Å². The summed E-state index contributed by atoms with van der Waals surface area (Å²) in [4.78, 5) is 21.3. The summed E-state index contributed by atoms with van der Waals surface area (Å²) in [6, 6.07) is 7.97. The largest absolute Gasteiger partial charge is 0.366 e. The molecule has 0 fully saturated rings. The number of nitrogens with one attached hydrogen (secondary N) is 1. The standard InChI is InChI=1S/C15H15N3O5S/c1-9-6-13(18(20)21)8-14(10(9)2)24(22,23)17-12-5-3-4-11(7-12)15(16)19/h3-8,17H,1-2H3,(H2,16,19). The van der Waals surface area contributed by atoms with Gasteiger partial charge in [-0.3, -0.25) is 19.6 Å². The number of carbonyl (C=O) groups is 1. The van der Waals surface area contributed by atoms with Crippen LogP contribution in [0.1, 0.15) is 21.5 Å². The van der Waals surface area contributed by atoms with Gasteiger partial charge in [-0.05, 0) is 43.2 Å². The summed E-state index contributed by atoms with van der Waals surface area (Å²) >= 11 is 0. The van der Waals surface area contributed by atoms with E-state index in [0.29, 0.717) is 11.1 Å². The number of primary amides is 1. The van der Waals surface area contributed by atoms with Gasteiger partial charge in [-0.2, -0.15) is 0 Å². The normalized spacial score (nSPS) is 11.1. The summed E-state index contributed by atoms with van der Waals surface area (Å²) in [6.07, 6.45) is 0. The molecule has 0 aliphatic rings. The molecule has 1 amide bonds. The van der Waals surface area contributed by atoms with Crippen LogP contribution in [0, 0.1) is 24.0 Å². The Balaban J connectivity index is 2.50. The number of carbonyl (C=O) groups excluding carboxylic acids is 1. The second kappa shape index (κ2) is 6.28. The van der Waals surface area contributed by atoms with Crippen LogP contribution < -0.4 is 10.5 Å². The number of nitro groups is 1. The summed E-state index contributed by atoms with van der Waals surface area (Å²) in [6.45, 7) is 3.16. The fraction of sp³-hybridized carbons (Fsp3) is 0.133. The molecule has 3 N–H and O–H groups in total. The molecule has 0 bridgehead atoms. The molecule has 2 rings (SSSR count). The summed E-state index contributed by atoms with van der Waals surface area (Å²) in [7, 11) is -4.07. The van der Waals surface area contributed by atoms with Gasteiger partial charge in [-0.15, -0.1) is 0 Å². The van der Waals surface area contributed by atoms with Gasteiger partial charge in [0.25, 0.3) is 15.7 Å². The Hall–Kier alpha value is -2.94. The minimum Gasteiger partial charge on any atom is -0.366 e. The second-order valence-electron chi connectivity index (χ2n) is 5.19. The second-order valence-corrected chi connectivity index (χ2v) is 6.84. The number of aryl methyl sites for hydroxylation is 1. The quantitative estimate of drug-likeness (QED) is 0.630. The predicted octanol–water partition coefficient (Wildman–Crippen LogP) is 2.11. The van der Waals surface area contributed by atoms with Crippen LogP contribution in [0.5, 0.6) is 0 Å². The van der Waals surface area contributed by atoms with Gasteiger partial charge in [0, 0.05) is 23.4 Å². The van der Waals surface area contributed by atoms with Gasteiger partial charge in [-0.1, -0.05) is 6.07 Å². The molecule has 0 saturated heterocycles. The number of rotatable bonds is 5. The number of hydrogen-bond donors (Lipinski definition) is 2. The zero-order valence-corrected chi connectivity index (χ0v) is 13.8. The van der Waals surface area contributed by atoms with E-state index in [1.54, 1.807) is 13.8 Å². The Morgan fingerprint density at radius 1 is 1.21 bits per heavy atom. The maximum Gasteiger partial charge on any atom is 0.271 e. The molecule has 126 valence electrons. The number of non-ortho nitro benzene ring substituents is 1. The van der Waals surface area contributed by atoms with Crippen molar-refractivity contribution in [3.8, 4) is 0 Å². The highest BCUT2D eigenvalue weighted by Crippen LogP contribution is 2.27. The maximum atomic E-state index is 12.6. The van der Waals surface area contributed by atoms with Crippen molar-refractivity contribution in [1.82, 2.24) is 0 Å². The molecule has 0 aliphatic heterocycles. The van der Waals surface area contributed by atoms with E-state index in [-0.39, 0.29) is 21.8 Å². The average Bonchev–Trinajstić information content (AvgIpc) is 2.49. The van der Waals surface area contributed by atoms with E-state index >= 15 is 0 Å². The third-order valence-electron chi connectivity index (χ3n) is 3.50. The molecular formula is C15H15N3O5S. The number of nitro benzene ring substituents is 1. The number of benzene rings is 2. The number of hydrogen-bond acceptors (Lipinski definition) is 5. The van der Waals surface area contributed by atoms with Crippen molar-refractivity contribution >= 4 is 27.3 Å². The van der Waals surface area contributed by atoms with Crippen molar-refractivity contribution in [3.05, 3.63) is 63.2 Å². The Morgan fingerprint density at radius 2 is 1.88 bits per heavy atom. The van der Waals surface area contributed by atoms with Crippen molar-refractivity contribution in [1.29, 1.82) is 0 Å². The Morgan fingerprint density at radius 3 is 2.46 bits per heavy atom. The van der Waals surface area contributed by atoms with E-state index in [1.807, 2.05) is 0 Å². The van der Waals surface area contributed by atoms with Crippen LogP contribution in [0.4, 0.5) is 11.4 Å². The van der Waals surface area contributed by atoms with Gasteiger partial charge in [0.05, 0.1) is 9.82 Å². The zero-order valence-electron chi connectivity index (χ0n) is 12.9. The molecule has 0 heterocycles. The Bertz CT molecular complexity index is 938. The molecule has 2 aromatic rings. The van der Waals surface area contributed by atoms with E-state index in [0.717, 1.165) is 6.07 Å². The highest BCUT2D eigenvalue weighted by atomic mass is 32.2. The first-order valence-corrected chi connectivity index (χ1v) is 8.28. The summed E-state index contributed by atoms with van der Waals surface area (Å²) in [5.74, 6) is -0.696. The third-order valence-corrected chi connectivity index (χ3v) is 5.01. The van der Waals surface area contributed by atoms with Crippen molar-refractivity contribution in [2.24, 2.45) is 5.73 Å². The first-order valence-electron chi connectivity index (χ1n) is 6.80. The Kier molecular flexibility index (Phi) is 4.56. The van der Waals surface area contributed by atoms with Gasteiger partial charge < -0.3 is 5.73 Å². The SMILES string of the molecule is Cc1cc([N+](=O)[O-])cc(S(=O)(=O)Nc2cccc(C(N)=O)c2)c1C. The van der Waals surface area contributed by atoms with Gasteiger partial charge in [0.1, 0.15) is 0 Å². The van der Waals surface area contributed by atoms with Crippen LogP contribution in [-0.4, -0.2) is 19.2 Å². The van der Waals surface area contributed by atoms with Gasteiger partial charge >= 0.3 is 0 Å². The molecule has 0 aliphatic carbocycles. The van der Waals surface area contributed by atoms with Gasteiger partial charge in [-0.25, -0.2) is 8.42 Å². The monoisotopic (exact) mass is 349 g/mol. The predicted molar refractivity (Wildman–Crippen MR) is 88.3 cm³/mol. The molecule has 0 spiro atoms. The Labute approximate surface area is 138 Å². The molecule has 0 aromatic heterocycles. The van der Waals surface area contributed by atoms with Gasteiger partial charge in [0.2, 0.25) is 5.91 Å². The van der Waals surface area contributed by atoms with E-state index in [1.165, 1.54) is 30.3 Å². The lowest BCUT2D eigenvalue weighted by atomic mass is 10.1. The number of amides is 1. The summed E-state index contributed by atoms with van der Waals surface area (Å²) < 4.78 is 27.5. The molecular weight excluding hydrogens is 334 g/mol. The van der Waals surface area contributed by atoms with E-state index < -0.39 is 20.9 Å². The van der Waals surface area contributed by atoms with Crippen LogP contribution in [0.25, 0.3) is 0 Å². The highest BCUT2D eigenvalue weighted by Gasteiger charge is 2.22. The van der Waals surface area contributed by atoms with Crippen LogP contribution >= 0.6 is 0 Å². The third kappa shape index (κ3) is 3.51. The van der Waals surface area contributed by atoms with Crippen LogP contribution in [-0.2, 0) is 10.0 Å². The minimum atomic E-state index is -4.07. The first-order chi connectivity index (χ1) is 11.1. The molecule has 0 saturated carbocycles. The summed E-state index contributed by atoms with van der Waals surface area (Å²) in [5, 5.41) is 11.0. The lowest BCUT2D eigenvalue weighted by Crippen LogP contribution is -2.16. The van der Waals surface area contributed by atoms with Crippen LogP contribution in [0.3, 0.4) is 0 Å². The minimum absolute atomic E-state index is 0.134. The lowest BCUT2D eigenvalue weighted by Gasteiger charge is -2.12. The fourth-order valence-electron chi connectivity index (χ4n) is 2.14. The smallest absolute Gasteiger partial charge is 0.271 e. The average molecular weight is 349 g/mol. The highest BCUT2D eigenvalue weighted by molar-refractivity contribution is 7.92. The summed E-state index contributed by atoms with van der Waals surface area (Å²) in [5.41, 5.74) is 6.01. The number of nitrogens with zero attached hydrogens (tertiary/aromatic N) is 1. The van der Waals surface area contributed by atoms with Crippen molar-refractivity contribution < 1.29 is 18.1 Å². The molecule has 0 unspecified atom stereocenters. The fourth-order valence-corrected chi connectivity index (χ4v) is 3.53. The topological polar surface area (TPSA) is 132 Å². The number of sulfonamides is 1. The molecule has 24 heavy (non-hydrogen) atoms. The molecule has 2 aromatic carbocycles. The molecule has 9 heteroatoms. The van der Waals surface area contributed by atoms with Crippen molar-refractivity contribution in [2.45, 2.75) is 18.7 Å². The molecule has 0 radical (unpaired) electrons. The van der Waals surface area contributed by atoms with Gasteiger partial charge in [0.15, 0.2) is 0 Å².